The van der Waals surface area contributed by atoms with E-state index in [0.717, 1.165) is 50.1 Å². The SMILES string of the molecule is CN(C)c1cncc(-c2cc3c(-c4cc5ccncc5[nH]4)n[nH]c3cn2)c1. The Morgan fingerprint density at radius 1 is 0.926 bits per heavy atom. The molecule has 0 atom stereocenters. The largest absolute Gasteiger partial charge is 0.376 e. The predicted molar refractivity (Wildman–Crippen MR) is 107 cm³/mol. The lowest BCUT2D eigenvalue weighted by atomic mass is 10.1. The smallest absolute Gasteiger partial charge is 0.116 e. The number of fused-ring (bicyclic) bond motifs is 2. The molecule has 5 heterocycles. The number of anilines is 1. The number of aromatic amines is 2. The number of H-pyrrole nitrogens is 2. The van der Waals surface area contributed by atoms with Crippen LogP contribution in [0.3, 0.4) is 0 Å². The monoisotopic (exact) mass is 355 g/mol. The van der Waals surface area contributed by atoms with E-state index in [1.165, 1.54) is 0 Å². The molecule has 7 heteroatoms. The van der Waals surface area contributed by atoms with Crippen molar-refractivity contribution in [3.63, 3.8) is 0 Å². The summed E-state index contributed by atoms with van der Waals surface area (Å²) in [6.07, 6.45) is 9.08. The molecule has 0 fully saturated rings. The number of pyridine rings is 3. The zero-order chi connectivity index (χ0) is 18.4. The van der Waals surface area contributed by atoms with Gasteiger partial charge in [-0.05, 0) is 24.3 Å². The number of hydrogen-bond acceptors (Lipinski definition) is 5. The Kier molecular flexibility index (Phi) is 3.39. The van der Waals surface area contributed by atoms with E-state index in [4.69, 9.17) is 0 Å². The van der Waals surface area contributed by atoms with Gasteiger partial charge in [0.05, 0.1) is 46.7 Å². The van der Waals surface area contributed by atoms with Gasteiger partial charge in [-0.3, -0.25) is 20.1 Å². The molecule has 5 aromatic heterocycles. The molecule has 0 aliphatic heterocycles. The van der Waals surface area contributed by atoms with Crippen LogP contribution in [0.15, 0.2) is 55.2 Å². The van der Waals surface area contributed by atoms with Gasteiger partial charge >= 0.3 is 0 Å². The van der Waals surface area contributed by atoms with Crippen LogP contribution in [-0.4, -0.2) is 44.2 Å². The van der Waals surface area contributed by atoms with E-state index in [9.17, 15) is 0 Å². The fourth-order valence-corrected chi connectivity index (χ4v) is 3.19. The number of nitrogens with one attached hydrogen (secondary N) is 2. The molecule has 0 bridgehead atoms. The van der Waals surface area contributed by atoms with Crippen LogP contribution >= 0.6 is 0 Å². The summed E-state index contributed by atoms with van der Waals surface area (Å²) in [4.78, 5) is 18.5. The normalized spacial score (nSPS) is 11.3. The van der Waals surface area contributed by atoms with Crippen molar-refractivity contribution in [3.8, 4) is 22.6 Å². The second-order valence-corrected chi connectivity index (χ2v) is 6.66. The van der Waals surface area contributed by atoms with Gasteiger partial charge in [-0.15, -0.1) is 0 Å². The van der Waals surface area contributed by atoms with Gasteiger partial charge in [-0.2, -0.15) is 5.10 Å². The summed E-state index contributed by atoms with van der Waals surface area (Å²) in [6.45, 7) is 0. The van der Waals surface area contributed by atoms with Crippen LogP contribution in [0.2, 0.25) is 0 Å². The third-order valence-electron chi connectivity index (χ3n) is 4.66. The van der Waals surface area contributed by atoms with Crippen LogP contribution in [0.5, 0.6) is 0 Å². The summed E-state index contributed by atoms with van der Waals surface area (Å²) >= 11 is 0. The first-order valence-corrected chi connectivity index (χ1v) is 8.59. The van der Waals surface area contributed by atoms with Crippen molar-refractivity contribution in [1.82, 2.24) is 30.1 Å². The van der Waals surface area contributed by atoms with Crippen LogP contribution < -0.4 is 4.90 Å². The average Bonchev–Trinajstić information content (AvgIpc) is 3.31. The third-order valence-corrected chi connectivity index (χ3v) is 4.66. The van der Waals surface area contributed by atoms with Crippen LogP contribution in [0, 0.1) is 0 Å². The topological polar surface area (TPSA) is 86.4 Å². The van der Waals surface area contributed by atoms with Crippen molar-refractivity contribution in [2.45, 2.75) is 0 Å². The zero-order valence-electron chi connectivity index (χ0n) is 14.9. The second kappa shape index (κ2) is 5.91. The first-order valence-electron chi connectivity index (χ1n) is 8.59. The maximum Gasteiger partial charge on any atom is 0.116 e. The summed E-state index contributed by atoms with van der Waals surface area (Å²) in [5, 5.41) is 9.68. The van der Waals surface area contributed by atoms with Gasteiger partial charge < -0.3 is 9.88 Å². The summed E-state index contributed by atoms with van der Waals surface area (Å²) in [5.41, 5.74) is 6.55. The van der Waals surface area contributed by atoms with E-state index in [0.29, 0.717) is 0 Å². The third kappa shape index (κ3) is 2.60. The molecule has 0 radical (unpaired) electrons. The Morgan fingerprint density at radius 2 is 1.85 bits per heavy atom. The van der Waals surface area contributed by atoms with Crippen LogP contribution in [0.25, 0.3) is 44.5 Å². The van der Waals surface area contributed by atoms with E-state index < -0.39 is 0 Å². The number of aromatic nitrogens is 6. The molecule has 0 spiro atoms. The Morgan fingerprint density at radius 3 is 2.70 bits per heavy atom. The highest BCUT2D eigenvalue weighted by atomic mass is 15.1. The molecule has 0 aliphatic rings. The van der Waals surface area contributed by atoms with E-state index in [1.54, 1.807) is 6.20 Å². The molecule has 27 heavy (non-hydrogen) atoms. The number of rotatable bonds is 3. The van der Waals surface area contributed by atoms with Gasteiger partial charge in [0.25, 0.3) is 0 Å². The predicted octanol–water partition coefficient (Wildman–Crippen LogP) is 3.63. The van der Waals surface area contributed by atoms with Gasteiger partial charge in [0.1, 0.15) is 5.69 Å². The highest BCUT2D eigenvalue weighted by molar-refractivity contribution is 5.96. The molecule has 5 aromatic rings. The molecule has 0 amide bonds. The van der Waals surface area contributed by atoms with Crippen LogP contribution in [0.1, 0.15) is 0 Å². The molecule has 0 aromatic carbocycles. The minimum Gasteiger partial charge on any atom is -0.376 e. The first kappa shape index (κ1) is 15.5. The summed E-state index contributed by atoms with van der Waals surface area (Å²) < 4.78 is 0. The van der Waals surface area contributed by atoms with E-state index in [1.807, 2.05) is 55.9 Å². The molecular formula is C20H17N7. The Labute approximate surface area is 155 Å². The van der Waals surface area contributed by atoms with Gasteiger partial charge in [-0.25, -0.2) is 0 Å². The van der Waals surface area contributed by atoms with Gasteiger partial charge in [0.15, 0.2) is 0 Å². The van der Waals surface area contributed by atoms with E-state index in [2.05, 4.69) is 42.3 Å². The standard InChI is InChI=1S/C20H17N7/c1-27(2)14-5-13(8-22-9-14)16-7-15-19(11-23-16)25-26-20(15)17-6-12-3-4-21-10-18(12)24-17/h3-11,24H,1-2H3,(H,25,26). The quantitative estimate of drug-likeness (QED) is 0.516. The van der Waals surface area contributed by atoms with Crippen molar-refractivity contribution in [1.29, 1.82) is 0 Å². The summed E-state index contributed by atoms with van der Waals surface area (Å²) in [5.74, 6) is 0. The average molecular weight is 355 g/mol. The van der Waals surface area contributed by atoms with Crippen molar-refractivity contribution in [2.75, 3.05) is 19.0 Å². The van der Waals surface area contributed by atoms with Gasteiger partial charge in [-0.1, -0.05) is 0 Å². The lowest BCUT2D eigenvalue weighted by molar-refractivity contribution is 1.11. The number of hydrogen-bond donors (Lipinski definition) is 2. The first-order chi connectivity index (χ1) is 13.2. The van der Waals surface area contributed by atoms with Gasteiger partial charge in [0.2, 0.25) is 0 Å². The lowest BCUT2D eigenvalue weighted by Crippen LogP contribution is -2.08. The maximum atomic E-state index is 4.58. The minimum atomic E-state index is 0.860. The van der Waals surface area contributed by atoms with E-state index in [-0.39, 0.29) is 0 Å². The molecule has 5 rings (SSSR count). The van der Waals surface area contributed by atoms with Crippen molar-refractivity contribution >= 4 is 27.5 Å². The van der Waals surface area contributed by atoms with Crippen molar-refractivity contribution in [2.24, 2.45) is 0 Å². The molecule has 0 aliphatic carbocycles. The Hall–Kier alpha value is -3.74. The fraction of sp³-hybridized carbons (Fsp3) is 0.100. The second-order valence-electron chi connectivity index (χ2n) is 6.66. The fourth-order valence-electron chi connectivity index (χ4n) is 3.19. The lowest BCUT2D eigenvalue weighted by Gasteiger charge is -2.12. The Bertz CT molecular complexity index is 1230. The summed E-state index contributed by atoms with van der Waals surface area (Å²) in [7, 11) is 3.99. The Balaban J connectivity index is 1.65. The molecule has 7 nitrogen and oxygen atoms in total. The summed E-state index contributed by atoms with van der Waals surface area (Å²) in [6, 6.07) is 8.19. The highest BCUT2D eigenvalue weighted by Gasteiger charge is 2.13. The number of nitrogens with zero attached hydrogens (tertiary/aromatic N) is 5. The highest BCUT2D eigenvalue weighted by Crippen LogP contribution is 2.31. The van der Waals surface area contributed by atoms with E-state index >= 15 is 0 Å². The molecule has 0 saturated heterocycles. The maximum absolute atomic E-state index is 4.58. The van der Waals surface area contributed by atoms with Crippen LogP contribution in [0.4, 0.5) is 5.69 Å². The zero-order valence-corrected chi connectivity index (χ0v) is 14.9. The molecule has 132 valence electrons. The molecule has 0 saturated carbocycles. The minimum absolute atomic E-state index is 0.860. The molecule has 2 N–H and O–H groups in total. The van der Waals surface area contributed by atoms with Crippen molar-refractivity contribution < 1.29 is 0 Å². The van der Waals surface area contributed by atoms with Gasteiger partial charge in [0, 0.05) is 42.8 Å². The molecule has 0 unspecified atom stereocenters. The molecular weight excluding hydrogens is 338 g/mol. The van der Waals surface area contributed by atoms with Crippen molar-refractivity contribution in [3.05, 3.63) is 55.2 Å². The van der Waals surface area contributed by atoms with Crippen LogP contribution in [-0.2, 0) is 0 Å².